The van der Waals surface area contributed by atoms with Gasteiger partial charge in [0, 0.05) is 31.2 Å². The van der Waals surface area contributed by atoms with Crippen molar-refractivity contribution in [2.45, 2.75) is 18.6 Å². The van der Waals surface area contributed by atoms with E-state index in [1.807, 2.05) is 12.1 Å². The van der Waals surface area contributed by atoms with E-state index in [4.69, 9.17) is 26.8 Å². The molecule has 1 saturated heterocycles. The van der Waals surface area contributed by atoms with Crippen LogP contribution in [0.25, 0.3) is 0 Å². The lowest BCUT2D eigenvalue weighted by atomic mass is 10.0. The Kier molecular flexibility index (Phi) is 6.88. The number of nitrogens with two attached hydrogens (primary N) is 1. The van der Waals surface area contributed by atoms with Gasteiger partial charge in [0.25, 0.3) is 5.91 Å². The second kappa shape index (κ2) is 9.99. The monoisotopic (exact) mass is 472 g/mol. The lowest BCUT2D eigenvalue weighted by Gasteiger charge is -2.37. The molecule has 9 nitrogen and oxygen atoms in total. The average Bonchev–Trinajstić information content (AvgIpc) is 2.83. The minimum Gasteiger partial charge on any atom is -0.485 e. The Morgan fingerprint density at radius 1 is 1.00 bits per heavy atom. The zero-order valence-electron chi connectivity index (χ0n) is 17.9. The fourth-order valence-corrected chi connectivity index (χ4v) is 4.07. The summed E-state index contributed by atoms with van der Waals surface area (Å²) in [5, 5.41) is 3.17. The van der Waals surface area contributed by atoms with E-state index in [0.29, 0.717) is 42.7 Å². The average molecular weight is 473 g/mol. The number of para-hydroxylation sites is 2. The van der Waals surface area contributed by atoms with E-state index in [0.717, 1.165) is 5.56 Å². The van der Waals surface area contributed by atoms with Crippen molar-refractivity contribution >= 4 is 29.4 Å². The molecule has 1 fully saturated rings. The number of hydrogen-bond donors (Lipinski definition) is 2. The second-order valence-electron chi connectivity index (χ2n) is 7.89. The lowest BCUT2D eigenvalue weighted by Crippen LogP contribution is -2.55. The predicted octanol–water partition coefficient (Wildman–Crippen LogP) is 1.95. The van der Waals surface area contributed by atoms with Crippen LogP contribution in [-0.2, 0) is 9.59 Å². The molecule has 0 aromatic heterocycles. The van der Waals surface area contributed by atoms with Crippen LogP contribution in [0.3, 0.4) is 0 Å². The van der Waals surface area contributed by atoms with Gasteiger partial charge in [0.1, 0.15) is 6.61 Å². The van der Waals surface area contributed by atoms with Crippen LogP contribution in [0, 0.1) is 0 Å². The van der Waals surface area contributed by atoms with Crippen LogP contribution in [0.4, 0.5) is 4.79 Å². The Labute approximate surface area is 196 Å². The zero-order valence-corrected chi connectivity index (χ0v) is 18.7. The number of halogens is 1. The van der Waals surface area contributed by atoms with Gasteiger partial charge >= 0.3 is 6.03 Å². The lowest BCUT2D eigenvalue weighted by molar-refractivity contribution is -0.146. The van der Waals surface area contributed by atoms with Gasteiger partial charge < -0.3 is 30.3 Å². The Hall–Kier alpha value is -3.46. The molecule has 0 aliphatic carbocycles. The summed E-state index contributed by atoms with van der Waals surface area (Å²) in [5.41, 5.74) is 6.03. The first kappa shape index (κ1) is 22.7. The highest BCUT2D eigenvalue weighted by atomic mass is 35.5. The standard InChI is InChI=1S/C23H25ClN4O5/c24-16-7-5-15(6-8-16)17(26-23(25)31)13-21(29)27-9-11-28(12-10-27)22(30)20-14-32-18-3-1-2-4-19(18)33-20/h1-8,17,20H,9-14H2,(H3,25,26,31). The van der Waals surface area contributed by atoms with Gasteiger partial charge in [0.05, 0.1) is 12.5 Å². The number of primary amides is 1. The van der Waals surface area contributed by atoms with Gasteiger partial charge in [0.15, 0.2) is 11.5 Å². The minimum atomic E-state index is -0.713. The third kappa shape index (κ3) is 5.48. The van der Waals surface area contributed by atoms with Crippen molar-refractivity contribution in [3.63, 3.8) is 0 Å². The molecule has 2 aromatic rings. The number of nitrogens with one attached hydrogen (secondary N) is 1. The first-order chi connectivity index (χ1) is 15.9. The summed E-state index contributed by atoms with van der Waals surface area (Å²) in [6.07, 6.45) is -0.661. The zero-order chi connectivity index (χ0) is 23.4. The van der Waals surface area contributed by atoms with Gasteiger partial charge in [-0.2, -0.15) is 0 Å². The minimum absolute atomic E-state index is 0.0505. The van der Waals surface area contributed by atoms with Crippen LogP contribution in [0.15, 0.2) is 48.5 Å². The number of urea groups is 1. The topological polar surface area (TPSA) is 114 Å². The van der Waals surface area contributed by atoms with Crippen molar-refractivity contribution in [2.24, 2.45) is 5.73 Å². The second-order valence-corrected chi connectivity index (χ2v) is 8.32. The highest BCUT2D eigenvalue weighted by molar-refractivity contribution is 6.30. The summed E-state index contributed by atoms with van der Waals surface area (Å²) < 4.78 is 11.5. The molecular weight excluding hydrogens is 448 g/mol. The molecule has 2 aliphatic rings. The Morgan fingerprint density at radius 3 is 2.30 bits per heavy atom. The summed E-state index contributed by atoms with van der Waals surface area (Å²) in [5.74, 6) is 0.871. The molecule has 0 spiro atoms. The van der Waals surface area contributed by atoms with E-state index >= 15 is 0 Å². The van der Waals surface area contributed by atoms with E-state index in [-0.39, 0.29) is 24.8 Å². The molecule has 2 aliphatic heterocycles. The molecule has 2 atom stereocenters. The maximum absolute atomic E-state index is 12.9. The van der Waals surface area contributed by atoms with Gasteiger partial charge in [-0.1, -0.05) is 35.9 Å². The smallest absolute Gasteiger partial charge is 0.312 e. The number of piperazine rings is 1. The van der Waals surface area contributed by atoms with Crippen LogP contribution in [-0.4, -0.2) is 66.5 Å². The fraction of sp³-hybridized carbons (Fsp3) is 0.348. The van der Waals surface area contributed by atoms with Gasteiger partial charge in [-0.3, -0.25) is 9.59 Å². The van der Waals surface area contributed by atoms with Gasteiger partial charge in [-0.05, 0) is 29.8 Å². The van der Waals surface area contributed by atoms with Crippen LogP contribution >= 0.6 is 11.6 Å². The fourth-order valence-electron chi connectivity index (χ4n) is 3.94. The summed E-state index contributed by atoms with van der Waals surface area (Å²) in [6.45, 7) is 1.70. The SMILES string of the molecule is NC(=O)NC(CC(=O)N1CCN(C(=O)C2COc3ccccc3O2)CC1)c1ccc(Cl)cc1. The quantitative estimate of drug-likeness (QED) is 0.690. The molecule has 4 amide bonds. The van der Waals surface area contributed by atoms with E-state index in [1.165, 1.54) is 0 Å². The summed E-state index contributed by atoms with van der Waals surface area (Å²) in [4.78, 5) is 40.6. The molecule has 0 bridgehead atoms. The highest BCUT2D eigenvalue weighted by Crippen LogP contribution is 2.31. The number of carbonyl (C=O) groups excluding carboxylic acids is 3. The van der Waals surface area contributed by atoms with Gasteiger partial charge in [0.2, 0.25) is 12.0 Å². The molecular formula is C23H25ClN4O5. The predicted molar refractivity (Wildman–Crippen MR) is 121 cm³/mol. The molecule has 2 unspecified atom stereocenters. The van der Waals surface area contributed by atoms with E-state index in [1.54, 1.807) is 46.2 Å². The number of hydrogen-bond acceptors (Lipinski definition) is 5. The van der Waals surface area contributed by atoms with Crippen molar-refractivity contribution in [3.05, 3.63) is 59.1 Å². The van der Waals surface area contributed by atoms with Crippen molar-refractivity contribution in [1.82, 2.24) is 15.1 Å². The Bertz CT molecular complexity index is 1020. The van der Waals surface area contributed by atoms with Crippen molar-refractivity contribution in [2.75, 3.05) is 32.8 Å². The molecule has 0 radical (unpaired) electrons. The van der Waals surface area contributed by atoms with Crippen molar-refractivity contribution in [1.29, 1.82) is 0 Å². The van der Waals surface area contributed by atoms with Crippen molar-refractivity contribution in [3.8, 4) is 11.5 Å². The number of carbonyl (C=O) groups is 3. The van der Waals surface area contributed by atoms with Gasteiger partial charge in [-0.15, -0.1) is 0 Å². The number of nitrogens with zero attached hydrogens (tertiary/aromatic N) is 2. The van der Waals surface area contributed by atoms with Crippen LogP contribution in [0.1, 0.15) is 18.0 Å². The Balaban J connectivity index is 1.32. The molecule has 0 saturated carbocycles. The molecule has 174 valence electrons. The molecule has 2 aromatic carbocycles. The normalized spacial score (nSPS) is 18.4. The molecule has 3 N–H and O–H groups in total. The van der Waals surface area contributed by atoms with Crippen molar-refractivity contribution < 1.29 is 23.9 Å². The largest absolute Gasteiger partial charge is 0.485 e. The number of fused-ring (bicyclic) bond motifs is 1. The maximum atomic E-state index is 12.9. The molecule has 10 heteroatoms. The molecule has 2 heterocycles. The number of ether oxygens (including phenoxy) is 2. The van der Waals surface area contributed by atoms with Crippen LogP contribution in [0.5, 0.6) is 11.5 Å². The maximum Gasteiger partial charge on any atom is 0.312 e. The summed E-state index contributed by atoms with van der Waals surface area (Å²) in [6, 6.07) is 12.8. The van der Waals surface area contributed by atoms with Gasteiger partial charge in [-0.25, -0.2) is 4.79 Å². The molecule has 33 heavy (non-hydrogen) atoms. The third-order valence-corrected chi connectivity index (χ3v) is 5.95. The number of amides is 4. The molecule has 4 rings (SSSR count). The first-order valence-electron chi connectivity index (χ1n) is 10.7. The summed E-state index contributed by atoms with van der Waals surface area (Å²) in [7, 11) is 0. The number of rotatable bonds is 5. The Morgan fingerprint density at radius 2 is 1.64 bits per heavy atom. The van der Waals surface area contributed by atoms with E-state index in [2.05, 4.69) is 5.32 Å². The van der Waals surface area contributed by atoms with E-state index in [9.17, 15) is 14.4 Å². The van der Waals surface area contributed by atoms with Crippen LogP contribution in [0.2, 0.25) is 5.02 Å². The highest BCUT2D eigenvalue weighted by Gasteiger charge is 2.33. The summed E-state index contributed by atoms with van der Waals surface area (Å²) >= 11 is 5.93. The number of benzene rings is 2. The van der Waals surface area contributed by atoms with E-state index < -0.39 is 18.2 Å². The first-order valence-corrected chi connectivity index (χ1v) is 11.0. The third-order valence-electron chi connectivity index (χ3n) is 5.70. The van der Waals surface area contributed by atoms with Crippen LogP contribution < -0.4 is 20.5 Å².